The van der Waals surface area contributed by atoms with Gasteiger partial charge < -0.3 is 9.73 Å². The first-order valence-electron chi connectivity index (χ1n) is 9.54. The van der Waals surface area contributed by atoms with Gasteiger partial charge in [0.1, 0.15) is 5.76 Å². The molecule has 1 aromatic heterocycles. The van der Waals surface area contributed by atoms with E-state index in [9.17, 15) is 21.6 Å². The van der Waals surface area contributed by atoms with Gasteiger partial charge in [-0.25, -0.2) is 21.6 Å². The second kappa shape index (κ2) is 9.55. The quantitative estimate of drug-likeness (QED) is 0.434. The van der Waals surface area contributed by atoms with Gasteiger partial charge in [0.2, 0.25) is 20.0 Å². The highest BCUT2D eigenvalue weighted by Gasteiger charge is 2.18. The molecule has 1 amide bonds. The fourth-order valence-corrected chi connectivity index (χ4v) is 4.51. The molecule has 1 unspecified atom stereocenters. The number of hydrogen-bond acceptors (Lipinski definition) is 6. The summed E-state index contributed by atoms with van der Waals surface area (Å²) >= 11 is 0. The van der Waals surface area contributed by atoms with Gasteiger partial charge in [0, 0.05) is 11.3 Å². The average Bonchev–Trinajstić information content (AvgIpc) is 3.25. The normalized spacial score (nSPS) is 12.8. The lowest BCUT2D eigenvalue weighted by molar-refractivity contribution is 0.0939. The van der Waals surface area contributed by atoms with Crippen LogP contribution in [0.15, 0.2) is 76.2 Å². The molecule has 1 atom stereocenters. The standard InChI is InChI=1S/C21H23N3O6S2/c1-15(16-6-3-8-18(12-16)24-31(2,26)27)23-21(25)17-7-4-10-20(13-17)32(28,29)22-14-19-9-5-11-30-19/h3-13,15,22,24H,14H2,1-2H3,(H,23,25). The van der Waals surface area contributed by atoms with Crippen molar-refractivity contribution in [1.82, 2.24) is 10.0 Å². The Morgan fingerprint density at radius 3 is 2.44 bits per heavy atom. The van der Waals surface area contributed by atoms with Gasteiger partial charge in [0.25, 0.3) is 5.91 Å². The molecule has 0 saturated heterocycles. The van der Waals surface area contributed by atoms with E-state index < -0.39 is 32.0 Å². The molecule has 0 saturated carbocycles. The highest BCUT2D eigenvalue weighted by atomic mass is 32.2. The zero-order valence-corrected chi connectivity index (χ0v) is 19.0. The minimum Gasteiger partial charge on any atom is -0.468 e. The lowest BCUT2D eigenvalue weighted by Gasteiger charge is -2.16. The number of carbonyl (C=O) groups excluding carboxylic acids is 1. The Hall–Kier alpha value is -3.15. The first kappa shape index (κ1) is 23.5. The molecule has 3 aromatic rings. The molecule has 9 nitrogen and oxygen atoms in total. The molecule has 2 aromatic carbocycles. The number of rotatable bonds is 9. The summed E-state index contributed by atoms with van der Waals surface area (Å²) in [5.41, 5.74) is 1.22. The number of hydrogen-bond donors (Lipinski definition) is 3. The van der Waals surface area contributed by atoms with E-state index in [0.717, 1.165) is 6.26 Å². The van der Waals surface area contributed by atoms with Crippen LogP contribution in [-0.4, -0.2) is 29.0 Å². The summed E-state index contributed by atoms with van der Waals surface area (Å²) in [6, 6.07) is 15.2. The van der Waals surface area contributed by atoms with Crippen molar-refractivity contribution in [2.75, 3.05) is 11.0 Å². The lowest BCUT2D eigenvalue weighted by atomic mass is 10.1. The number of sulfonamides is 2. The molecule has 0 spiro atoms. The van der Waals surface area contributed by atoms with Gasteiger partial charge >= 0.3 is 0 Å². The van der Waals surface area contributed by atoms with Crippen molar-refractivity contribution in [1.29, 1.82) is 0 Å². The molecule has 0 radical (unpaired) electrons. The van der Waals surface area contributed by atoms with Crippen LogP contribution >= 0.6 is 0 Å². The van der Waals surface area contributed by atoms with Gasteiger partial charge in [-0.3, -0.25) is 9.52 Å². The van der Waals surface area contributed by atoms with Crippen LogP contribution in [0.4, 0.5) is 5.69 Å². The maximum Gasteiger partial charge on any atom is 0.251 e. The molecule has 3 rings (SSSR count). The Kier molecular flexibility index (Phi) is 7.02. The molecule has 11 heteroatoms. The van der Waals surface area contributed by atoms with Crippen LogP contribution in [0.3, 0.4) is 0 Å². The summed E-state index contributed by atoms with van der Waals surface area (Å²) in [6.45, 7) is 1.73. The van der Waals surface area contributed by atoms with Gasteiger partial charge in [0.15, 0.2) is 0 Å². The van der Waals surface area contributed by atoms with Crippen molar-refractivity contribution in [2.45, 2.75) is 24.4 Å². The minimum absolute atomic E-state index is 0.0132. The molecular formula is C21H23N3O6S2. The van der Waals surface area contributed by atoms with E-state index in [-0.39, 0.29) is 17.0 Å². The van der Waals surface area contributed by atoms with Gasteiger partial charge in [0.05, 0.1) is 30.0 Å². The van der Waals surface area contributed by atoms with Crippen LogP contribution in [0.5, 0.6) is 0 Å². The van der Waals surface area contributed by atoms with Crippen LogP contribution in [0, 0.1) is 0 Å². The zero-order valence-electron chi connectivity index (χ0n) is 17.4. The van der Waals surface area contributed by atoms with Crippen LogP contribution in [0.25, 0.3) is 0 Å². The SMILES string of the molecule is CC(NC(=O)c1cccc(S(=O)(=O)NCc2ccco2)c1)c1cccc(NS(C)(=O)=O)c1. The Balaban J connectivity index is 1.71. The predicted octanol–water partition coefficient (Wildman–Crippen LogP) is 2.62. The summed E-state index contributed by atoms with van der Waals surface area (Å²) in [7, 11) is -7.28. The topological polar surface area (TPSA) is 135 Å². The Labute approximate surface area is 186 Å². The molecule has 0 aliphatic heterocycles. The molecule has 32 heavy (non-hydrogen) atoms. The summed E-state index contributed by atoms with van der Waals surface area (Å²) in [4.78, 5) is 12.7. The first-order chi connectivity index (χ1) is 15.0. The third-order valence-electron chi connectivity index (χ3n) is 4.46. The molecule has 170 valence electrons. The van der Waals surface area contributed by atoms with Crippen LogP contribution < -0.4 is 14.8 Å². The Morgan fingerprint density at radius 1 is 1.00 bits per heavy atom. The van der Waals surface area contributed by atoms with Crippen LogP contribution in [0.2, 0.25) is 0 Å². The Morgan fingerprint density at radius 2 is 1.75 bits per heavy atom. The van der Waals surface area contributed by atoms with E-state index in [4.69, 9.17) is 4.42 Å². The van der Waals surface area contributed by atoms with Crippen molar-refractivity contribution in [3.05, 3.63) is 83.8 Å². The van der Waals surface area contributed by atoms with Crippen molar-refractivity contribution < 1.29 is 26.0 Å². The zero-order chi connectivity index (χ0) is 23.4. The highest BCUT2D eigenvalue weighted by molar-refractivity contribution is 7.92. The van der Waals surface area contributed by atoms with Crippen molar-refractivity contribution in [3.63, 3.8) is 0 Å². The smallest absolute Gasteiger partial charge is 0.251 e. The predicted molar refractivity (Wildman–Crippen MR) is 120 cm³/mol. The number of nitrogens with one attached hydrogen (secondary N) is 3. The monoisotopic (exact) mass is 477 g/mol. The molecule has 0 aliphatic rings. The molecule has 0 aliphatic carbocycles. The maximum atomic E-state index is 12.7. The largest absolute Gasteiger partial charge is 0.468 e. The van der Waals surface area contributed by atoms with E-state index in [2.05, 4.69) is 14.8 Å². The molecule has 3 N–H and O–H groups in total. The van der Waals surface area contributed by atoms with Gasteiger partial charge in [-0.15, -0.1) is 0 Å². The fraction of sp³-hybridized carbons (Fsp3) is 0.190. The maximum absolute atomic E-state index is 12.7. The lowest BCUT2D eigenvalue weighted by Crippen LogP contribution is -2.27. The summed E-state index contributed by atoms with van der Waals surface area (Å²) in [5.74, 6) is -0.00838. The molecular weight excluding hydrogens is 454 g/mol. The number of amides is 1. The van der Waals surface area contributed by atoms with Crippen molar-refractivity contribution >= 4 is 31.6 Å². The van der Waals surface area contributed by atoms with Crippen molar-refractivity contribution in [3.8, 4) is 0 Å². The van der Waals surface area contributed by atoms with Crippen molar-refractivity contribution in [2.24, 2.45) is 0 Å². The van der Waals surface area contributed by atoms with E-state index in [0.29, 0.717) is 17.0 Å². The average molecular weight is 478 g/mol. The summed E-state index contributed by atoms with van der Waals surface area (Å²) in [6.07, 6.45) is 2.50. The van der Waals surface area contributed by atoms with Crippen LogP contribution in [-0.2, 0) is 26.6 Å². The minimum atomic E-state index is -3.85. The second-order valence-corrected chi connectivity index (χ2v) is 10.6. The molecule has 1 heterocycles. The van der Waals surface area contributed by atoms with Gasteiger partial charge in [-0.2, -0.15) is 0 Å². The second-order valence-electron chi connectivity index (χ2n) is 7.13. The summed E-state index contributed by atoms with van der Waals surface area (Å²) in [5, 5.41) is 2.79. The van der Waals surface area contributed by atoms with Crippen LogP contribution in [0.1, 0.15) is 34.6 Å². The summed E-state index contributed by atoms with van der Waals surface area (Å²) < 4.78 is 57.9. The van der Waals surface area contributed by atoms with E-state index in [1.54, 1.807) is 43.3 Å². The molecule has 0 bridgehead atoms. The third kappa shape index (κ3) is 6.42. The van der Waals surface area contributed by atoms with E-state index in [1.807, 2.05) is 0 Å². The number of benzene rings is 2. The number of anilines is 1. The third-order valence-corrected chi connectivity index (χ3v) is 6.47. The van der Waals surface area contributed by atoms with E-state index >= 15 is 0 Å². The fourth-order valence-electron chi connectivity index (χ4n) is 2.92. The highest BCUT2D eigenvalue weighted by Crippen LogP contribution is 2.19. The van der Waals surface area contributed by atoms with Gasteiger partial charge in [-0.05, 0) is 55.0 Å². The number of furan rings is 1. The first-order valence-corrected chi connectivity index (χ1v) is 12.9. The Bertz CT molecular complexity index is 1300. The number of carbonyl (C=O) groups is 1. The van der Waals surface area contributed by atoms with Gasteiger partial charge in [-0.1, -0.05) is 18.2 Å². The van der Waals surface area contributed by atoms with E-state index in [1.165, 1.54) is 30.5 Å². The molecule has 0 fully saturated rings.